The summed E-state index contributed by atoms with van der Waals surface area (Å²) in [5.74, 6) is -0.213. The van der Waals surface area contributed by atoms with Gasteiger partial charge in [-0.15, -0.1) is 0 Å². The SMILES string of the molecule is N#Cc1c(F)cccc1OC1CCOC2(CCOCC2)C1. The minimum Gasteiger partial charge on any atom is -0.489 e. The van der Waals surface area contributed by atoms with E-state index in [-0.39, 0.29) is 17.3 Å². The van der Waals surface area contributed by atoms with Crippen molar-refractivity contribution in [3.63, 3.8) is 0 Å². The van der Waals surface area contributed by atoms with Crippen LogP contribution >= 0.6 is 0 Å². The molecule has 2 aliphatic heterocycles. The molecule has 4 nitrogen and oxygen atoms in total. The van der Waals surface area contributed by atoms with Crippen molar-refractivity contribution in [2.24, 2.45) is 0 Å². The first kappa shape index (κ1) is 14.3. The minimum atomic E-state index is -0.539. The lowest BCUT2D eigenvalue weighted by Crippen LogP contribution is -2.47. The lowest BCUT2D eigenvalue weighted by Gasteiger charge is -2.43. The summed E-state index contributed by atoms with van der Waals surface area (Å²) in [4.78, 5) is 0. The van der Waals surface area contributed by atoms with E-state index in [0.717, 1.165) is 25.7 Å². The maximum Gasteiger partial charge on any atom is 0.144 e. The molecule has 0 radical (unpaired) electrons. The van der Waals surface area contributed by atoms with Crippen LogP contribution in [0, 0.1) is 17.1 Å². The molecule has 1 unspecified atom stereocenters. The molecule has 1 atom stereocenters. The third kappa shape index (κ3) is 3.02. The van der Waals surface area contributed by atoms with E-state index >= 15 is 0 Å². The Bertz CT molecular complexity index is 543. The van der Waals surface area contributed by atoms with Crippen LogP contribution in [-0.2, 0) is 9.47 Å². The fourth-order valence-corrected chi connectivity index (χ4v) is 3.07. The van der Waals surface area contributed by atoms with Crippen LogP contribution in [0.3, 0.4) is 0 Å². The van der Waals surface area contributed by atoms with Gasteiger partial charge in [-0.25, -0.2) is 4.39 Å². The second kappa shape index (κ2) is 6.00. The van der Waals surface area contributed by atoms with Crippen LogP contribution in [0.5, 0.6) is 5.75 Å². The van der Waals surface area contributed by atoms with Gasteiger partial charge >= 0.3 is 0 Å². The molecule has 0 aliphatic carbocycles. The van der Waals surface area contributed by atoms with Gasteiger partial charge in [0.1, 0.15) is 29.3 Å². The van der Waals surface area contributed by atoms with E-state index < -0.39 is 5.82 Å². The first-order chi connectivity index (χ1) is 10.2. The van der Waals surface area contributed by atoms with E-state index in [1.165, 1.54) is 6.07 Å². The molecule has 1 spiro atoms. The number of benzene rings is 1. The molecule has 112 valence electrons. The van der Waals surface area contributed by atoms with E-state index in [2.05, 4.69) is 0 Å². The highest BCUT2D eigenvalue weighted by Crippen LogP contribution is 2.36. The zero-order valence-corrected chi connectivity index (χ0v) is 11.8. The fraction of sp³-hybridized carbons (Fsp3) is 0.562. The van der Waals surface area contributed by atoms with Gasteiger partial charge in [0.15, 0.2) is 0 Å². The quantitative estimate of drug-likeness (QED) is 0.840. The molecular formula is C16H18FNO3. The van der Waals surface area contributed by atoms with E-state index in [0.29, 0.717) is 25.6 Å². The van der Waals surface area contributed by atoms with Crippen LogP contribution in [0.15, 0.2) is 18.2 Å². The van der Waals surface area contributed by atoms with Crippen molar-refractivity contribution >= 4 is 0 Å². The van der Waals surface area contributed by atoms with Gasteiger partial charge in [-0.2, -0.15) is 5.26 Å². The molecule has 2 heterocycles. The minimum absolute atomic E-state index is 0.0231. The zero-order valence-electron chi connectivity index (χ0n) is 11.8. The largest absolute Gasteiger partial charge is 0.489 e. The zero-order chi connectivity index (χ0) is 14.7. The standard InChI is InChI=1S/C16H18FNO3/c17-14-2-1-3-15(13(14)11-18)21-12-4-7-20-16(10-12)5-8-19-9-6-16/h1-3,12H,4-10H2. The van der Waals surface area contributed by atoms with Crippen molar-refractivity contribution in [3.8, 4) is 11.8 Å². The van der Waals surface area contributed by atoms with Gasteiger partial charge in [-0.3, -0.25) is 0 Å². The second-order valence-corrected chi connectivity index (χ2v) is 5.60. The van der Waals surface area contributed by atoms with E-state index in [9.17, 15) is 4.39 Å². The molecule has 0 saturated carbocycles. The normalized spacial score (nSPS) is 24.5. The third-order valence-electron chi connectivity index (χ3n) is 4.23. The van der Waals surface area contributed by atoms with Crippen molar-refractivity contribution < 1.29 is 18.6 Å². The first-order valence-corrected chi connectivity index (χ1v) is 7.29. The van der Waals surface area contributed by atoms with Gasteiger partial charge in [0.2, 0.25) is 0 Å². The maximum atomic E-state index is 13.6. The monoisotopic (exact) mass is 291 g/mol. The van der Waals surface area contributed by atoms with E-state index in [1.54, 1.807) is 12.1 Å². The van der Waals surface area contributed by atoms with Crippen LogP contribution in [0.1, 0.15) is 31.2 Å². The van der Waals surface area contributed by atoms with E-state index in [1.807, 2.05) is 6.07 Å². The lowest BCUT2D eigenvalue weighted by molar-refractivity contribution is -0.155. The summed E-state index contributed by atoms with van der Waals surface area (Å²) in [6.45, 7) is 2.04. The lowest BCUT2D eigenvalue weighted by atomic mass is 9.85. The number of hydrogen-bond donors (Lipinski definition) is 0. The molecule has 2 aliphatic rings. The summed E-state index contributed by atoms with van der Waals surface area (Å²) in [6.07, 6.45) is 3.19. The smallest absolute Gasteiger partial charge is 0.144 e. The molecule has 2 fully saturated rings. The average Bonchev–Trinajstić information content (AvgIpc) is 2.48. The van der Waals surface area contributed by atoms with Gasteiger partial charge in [-0.05, 0) is 25.0 Å². The maximum absolute atomic E-state index is 13.6. The van der Waals surface area contributed by atoms with Gasteiger partial charge in [0.05, 0.1) is 12.2 Å². The number of rotatable bonds is 2. The van der Waals surface area contributed by atoms with Crippen LogP contribution in [0.25, 0.3) is 0 Å². The molecule has 1 aromatic rings. The summed E-state index contributed by atoms with van der Waals surface area (Å²) >= 11 is 0. The Balaban J connectivity index is 1.73. The van der Waals surface area contributed by atoms with Crippen molar-refractivity contribution in [1.82, 2.24) is 0 Å². The summed E-state index contributed by atoms with van der Waals surface area (Å²) in [6, 6.07) is 6.36. The molecule has 2 saturated heterocycles. The number of ether oxygens (including phenoxy) is 3. The Morgan fingerprint density at radius 2 is 2.10 bits per heavy atom. The molecule has 3 rings (SSSR count). The molecule has 0 N–H and O–H groups in total. The molecule has 0 aromatic heterocycles. The van der Waals surface area contributed by atoms with Crippen molar-refractivity contribution in [2.45, 2.75) is 37.4 Å². The number of nitrogens with zero attached hydrogens (tertiary/aromatic N) is 1. The Morgan fingerprint density at radius 1 is 1.29 bits per heavy atom. The first-order valence-electron chi connectivity index (χ1n) is 7.29. The van der Waals surface area contributed by atoms with Gasteiger partial charge in [-0.1, -0.05) is 6.07 Å². The Hall–Kier alpha value is -1.64. The van der Waals surface area contributed by atoms with Crippen LogP contribution < -0.4 is 4.74 Å². The number of nitriles is 1. The topological polar surface area (TPSA) is 51.5 Å². The van der Waals surface area contributed by atoms with Crippen LogP contribution in [-0.4, -0.2) is 31.5 Å². The molecule has 21 heavy (non-hydrogen) atoms. The third-order valence-corrected chi connectivity index (χ3v) is 4.23. The van der Waals surface area contributed by atoms with E-state index in [4.69, 9.17) is 19.5 Å². The molecule has 5 heteroatoms. The summed E-state index contributed by atoms with van der Waals surface area (Å²) in [7, 11) is 0. The average molecular weight is 291 g/mol. The molecular weight excluding hydrogens is 273 g/mol. The molecule has 0 bridgehead atoms. The van der Waals surface area contributed by atoms with Crippen molar-refractivity contribution in [3.05, 3.63) is 29.6 Å². The van der Waals surface area contributed by atoms with Crippen molar-refractivity contribution in [1.29, 1.82) is 5.26 Å². The van der Waals surface area contributed by atoms with Gasteiger partial charge in [0.25, 0.3) is 0 Å². The highest BCUT2D eigenvalue weighted by molar-refractivity contribution is 5.43. The Kier molecular flexibility index (Phi) is 4.09. The molecule has 0 amide bonds. The predicted octanol–water partition coefficient (Wildman–Crippen LogP) is 2.80. The van der Waals surface area contributed by atoms with Gasteiger partial charge < -0.3 is 14.2 Å². The Labute approximate surface area is 123 Å². The van der Waals surface area contributed by atoms with Crippen LogP contribution in [0.4, 0.5) is 4.39 Å². The molecule has 1 aromatic carbocycles. The van der Waals surface area contributed by atoms with Crippen LogP contribution in [0.2, 0.25) is 0 Å². The second-order valence-electron chi connectivity index (χ2n) is 5.60. The highest BCUT2D eigenvalue weighted by atomic mass is 19.1. The predicted molar refractivity (Wildman–Crippen MR) is 73.5 cm³/mol. The van der Waals surface area contributed by atoms with Gasteiger partial charge in [0, 0.05) is 26.1 Å². The summed E-state index contributed by atoms with van der Waals surface area (Å²) in [5, 5.41) is 9.06. The number of hydrogen-bond acceptors (Lipinski definition) is 4. The Morgan fingerprint density at radius 3 is 2.86 bits per heavy atom. The summed E-state index contributed by atoms with van der Waals surface area (Å²) in [5.41, 5.74) is -0.202. The summed E-state index contributed by atoms with van der Waals surface area (Å²) < 4.78 is 30.9. The van der Waals surface area contributed by atoms with Crippen molar-refractivity contribution in [2.75, 3.05) is 19.8 Å². The fourth-order valence-electron chi connectivity index (χ4n) is 3.07. The number of halogens is 1. The highest BCUT2D eigenvalue weighted by Gasteiger charge is 2.40.